The Morgan fingerprint density at radius 2 is 1.32 bits per heavy atom. The van der Waals surface area contributed by atoms with Crippen LogP contribution in [0, 0.1) is 17.2 Å². The molecule has 0 spiro atoms. The van der Waals surface area contributed by atoms with Gasteiger partial charge >= 0.3 is 6.18 Å². The molecular formula is C35H35F3N2. The average Bonchev–Trinajstić information content (AvgIpc) is 3.12. The van der Waals surface area contributed by atoms with E-state index in [0.29, 0.717) is 12.0 Å². The van der Waals surface area contributed by atoms with Crippen LogP contribution in [0.15, 0.2) is 78.4 Å². The molecule has 3 aromatic carbocycles. The van der Waals surface area contributed by atoms with Crippen molar-refractivity contribution >= 4 is 17.7 Å². The van der Waals surface area contributed by atoms with Crippen LogP contribution in [-0.2, 0) is 11.6 Å². The van der Waals surface area contributed by atoms with Crippen LogP contribution in [-0.4, -0.2) is 24.5 Å². The molecule has 0 amide bonds. The molecule has 1 atom stereocenters. The number of halogens is 3. The highest BCUT2D eigenvalue weighted by Crippen LogP contribution is 2.40. The van der Waals surface area contributed by atoms with Gasteiger partial charge in [0.15, 0.2) is 0 Å². The molecule has 1 aliphatic heterocycles. The Morgan fingerprint density at radius 3 is 1.82 bits per heavy atom. The molecule has 1 heterocycles. The van der Waals surface area contributed by atoms with Crippen molar-refractivity contribution in [1.82, 2.24) is 4.90 Å². The second-order valence-electron chi connectivity index (χ2n) is 11.2. The van der Waals surface area contributed by atoms with E-state index in [1.165, 1.54) is 45.5 Å². The van der Waals surface area contributed by atoms with Gasteiger partial charge in [-0.05, 0) is 83.7 Å². The molecule has 0 N–H and O–H groups in total. The van der Waals surface area contributed by atoms with Gasteiger partial charge in [0.1, 0.15) is 0 Å². The maximum atomic E-state index is 13.1. The second-order valence-corrected chi connectivity index (χ2v) is 11.2. The number of benzene rings is 3. The van der Waals surface area contributed by atoms with Crippen LogP contribution in [0.3, 0.4) is 0 Å². The molecule has 2 nitrogen and oxygen atoms in total. The fourth-order valence-electron chi connectivity index (χ4n) is 6.30. The van der Waals surface area contributed by atoms with Crippen LogP contribution >= 0.6 is 0 Å². The van der Waals surface area contributed by atoms with Gasteiger partial charge in [0.05, 0.1) is 17.0 Å². The lowest BCUT2D eigenvalue weighted by Crippen LogP contribution is -2.35. The van der Waals surface area contributed by atoms with Gasteiger partial charge in [-0.25, -0.2) is 0 Å². The van der Waals surface area contributed by atoms with Crippen molar-refractivity contribution in [2.75, 3.05) is 19.6 Å². The molecule has 0 bridgehead atoms. The number of hydrogen-bond acceptors (Lipinski definition) is 2. The van der Waals surface area contributed by atoms with E-state index in [1.807, 2.05) is 13.8 Å². The first-order valence-corrected chi connectivity index (χ1v) is 14.1. The summed E-state index contributed by atoms with van der Waals surface area (Å²) in [5.74, 6) is -0.0177. The molecule has 0 saturated carbocycles. The fraction of sp³-hybridized carbons (Fsp3) is 0.343. The van der Waals surface area contributed by atoms with E-state index in [1.54, 1.807) is 0 Å². The van der Waals surface area contributed by atoms with Crippen molar-refractivity contribution in [2.45, 2.75) is 51.1 Å². The van der Waals surface area contributed by atoms with E-state index in [4.69, 9.17) is 0 Å². The largest absolute Gasteiger partial charge is 0.416 e. The van der Waals surface area contributed by atoms with E-state index in [2.05, 4.69) is 71.7 Å². The van der Waals surface area contributed by atoms with Gasteiger partial charge in [-0.2, -0.15) is 18.4 Å². The summed E-state index contributed by atoms with van der Waals surface area (Å²) >= 11 is 0. The molecule has 2 aliphatic rings. The minimum atomic E-state index is -4.38. The van der Waals surface area contributed by atoms with Crippen molar-refractivity contribution < 1.29 is 13.2 Å². The van der Waals surface area contributed by atoms with Crippen LogP contribution < -0.4 is 0 Å². The first-order valence-electron chi connectivity index (χ1n) is 14.1. The van der Waals surface area contributed by atoms with Gasteiger partial charge in [-0.1, -0.05) is 92.2 Å². The van der Waals surface area contributed by atoms with Gasteiger partial charge in [-0.15, -0.1) is 0 Å². The number of likely N-dealkylation sites (tertiary alicyclic amines) is 1. The van der Waals surface area contributed by atoms with E-state index in [9.17, 15) is 18.4 Å². The Bertz CT molecular complexity index is 1400. The maximum absolute atomic E-state index is 13.1. The fourth-order valence-corrected chi connectivity index (χ4v) is 6.30. The molecule has 40 heavy (non-hydrogen) atoms. The normalized spacial score (nSPS) is 17.1. The van der Waals surface area contributed by atoms with Crippen LogP contribution in [0.25, 0.3) is 17.7 Å². The van der Waals surface area contributed by atoms with Gasteiger partial charge in [0, 0.05) is 13.1 Å². The molecule has 0 aromatic heterocycles. The SMILES string of the molecule is CC(C)C(C#N)(CCCN1CCC(=C2c3ccccc3C=Cc3ccccc32)CC1)c1ccc(C(F)(F)F)cc1. The minimum absolute atomic E-state index is 0.0177. The highest BCUT2D eigenvalue weighted by Gasteiger charge is 2.37. The van der Waals surface area contributed by atoms with Crippen molar-refractivity contribution in [1.29, 1.82) is 5.26 Å². The zero-order chi connectivity index (χ0) is 28.3. The zero-order valence-electron chi connectivity index (χ0n) is 23.1. The Morgan fingerprint density at radius 1 is 0.800 bits per heavy atom. The number of hydrogen-bond donors (Lipinski definition) is 0. The van der Waals surface area contributed by atoms with E-state index in [0.717, 1.165) is 51.0 Å². The maximum Gasteiger partial charge on any atom is 0.416 e. The topological polar surface area (TPSA) is 27.0 Å². The standard InChI is InChI=1S/C35H35F3N2/c1-25(2)34(24-39,29-14-16-30(17-15-29)35(36,37)38)20-7-21-40-22-18-28(19-23-40)33-31-10-5-3-8-26(31)12-13-27-9-4-6-11-32(27)33/h3-6,8-17,25H,7,18-23H2,1-2H3. The molecule has 1 aliphatic carbocycles. The van der Waals surface area contributed by atoms with Crippen molar-refractivity contribution in [3.63, 3.8) is 0 Å². The van der Waals surface area contributed by atoms with Gasteiger partial charge in [0.2, 0.25) is 0 Å². The molecule has 1 fully saturated rings. The van der Waals surface area contributed by atoms with E-state index >= 15 is 0 Å². The summed E-state index contributed by atoms with van der Waals surface area (Å²) in [7, 11) is 0. The molecule has 0 radical (unpaired) electrons. The third kappa shape index (κ3) is 5.51. The van der Waals surface area contributed by atoms with Gasteiger partial charge in [0.25, 0.3) is 0 Å². The molecule has 206 valence electrons. The van der Waals surface area contributed by atoms with Crippen molar-refractivity contribution in [3.8, 4) is 6.07 Å². The predicted octanol–water partition coefficient (Wildman–Crippen LogP) is 8.98. The Labute approximate surface area is 235 Å². The number of piperidine rings is 1. The zero-order valence-corrected chi connectivity index (χ0v) is 23.1. The van der Waals surface area contributed by atoms with Gasteiger partial charge < -0.3 is 4.90 Å². The average molecular weight is 541 g/mol. The number of nitriles is 1. The molecule has 5 rings (SSSR count). The van der Waals surface area contributed by atoms with Crippen molar-refractivity contribution in [3.05, 3.63) is 112 Å². The summed E-state index contributed by atoms with van der Waals surface area (Å²) in [6.07, 6.45) is 3.45. The van der Waals surface area contributed by atoms with Crippen LogP contribution in [0.1, 0.15) is 72.9 Å². The van der Waals surface area contributed by atoms with Crippen LogP contribution in [0.5, 0.6) is 0 Å². The Kier molecular flexibility index (Phi) is 8.01. The Hall–Kier alpha value is -3.62. The van der Waals surface area contributed by atoms with Crippen LogP contribution in [0.4, 0.5) is 13.2 Å². The molecule has 3 aromatic rings. The van der Waals surface area contributed by atoms with Crippen LogP contribution in [0.2, 0.25) is 0 Å². The number of rotatable bonds is 6. The summed E-state index contributed by atoms with van der Waals surface area (Å²) in [5, 5.41) is 10.2. The highest BCUT2D eigenvalue weighted by molar-refractivity contribution is 5.94. The smallest absolute Gasteiger partial charge is 0.303 e. The lowest BCUT2D eigenvalue weighted by atomic mass is 9.69. The Balaban J connectivity index is 1.29. The van der Waals surface area contributed by atoms with Crippen molar-refractivity contribution in [2.24, 2.45) is 5.92 Å². The summed E-state index contributed by atoms with van der Waals surface area (Å²) in [6.45, 7) is 6.75. The minimum Gasteiger partial charge on any atom is -0.303 e. The predicted molar refractivity (Wildman–Crippen MR) is 156 cm³/mol. The first-order chi connectivity index (χ1) is 19.2. The quantitative estimate of drug-likeness (QED) is 0.244. The molecule has 1 saturated heterocycles. The monoisotopic (exact) mass is 540 g/mol. The van der Waals surface area contributed by atoms with E-state index in [-0.39, 0.29) is 5.92 Å². The summed E-state index contributed by atoms with van der Waals surface area (Å²) in [6, 6.07) is 24.9. The second kappa shape index (κ2) is 11.5. The first kappa shape index (κ1) is 27.9. The molecular weight excluding hydrogens is 505 g/mol. The lowest BCUT2D eigenvalue weighted by Gasteiger charge is -2.34. The summed E-state index contributed by atoms with van der Waals surface area (Å²) < 4.78 is 39.3. The number of fused-ring (bicyclic) bond motifs is 2. The number of alkyl halides is 3. The lowest BCUT2D eigenvalue weighted by molar-refractivity contribution is -0.137. The molecule has 1 unspecified atom stereocenters. The van der Waals surface area contributed by atoms with E-state index < -0.39 is 17.2 Å². The number of nitrogens with zero attached hydrogens (tertiary/aromatic N) is 2. The summed E-state index contributed by atoms with van der Waals surface area (Å²) in [5.41, 5.74) is 7.09. The molecule has 5 heteroatoms. The van der Waals surface area contributed by atoms with Gasteiger partial charge in [-0.3, -0.25) is 0 Å². The third-order valence-electron chi connectivity index (χ3n) is 8.67. The summed E-state index contributed by atoms with van der Waals surface area (Å²) in [4.78, 5) is 2.46. The third-order valence-corrected chi connectivity index (χ3v) is 8.67. The highest BCUT2D eigenvalue weighted by atomic mass is 19.4.